The first-order valence-electron chi connectivity index (χ1n) is 9.74. The molecule has 1 aromatic rings. The third-order valence-electron chi connectivity index (χ3n) is 5.84. The molecule has 0 saturated carbocycles. The number of likely N-dealkylation sites (tertiary alicyclic amines) is 1. The molecule has 0 atom stereocenters. The summed E-state index contributed by atoms with van der Waals surface area (Å²) in [5, 5.41) is 11.0. The van der Waals surface area contributed by atoms with E-state index in [0.717, 1.165) is 4.90 Å². The molecule has 1 saturated heterocycles. The van der Waals surface area contributed by atoms with Crippen molar-refractivity contribution in [3.8, 4) is 0 Å². The Morgan fingerprint density at radius 3 is 2.25 bits per heavy atom. The Bertz CT molecular complexity index is 848. The first kappa shape index (κ1) is 24.1. The summed E-state index contributed by atoms with van der Waals surface area (Å²) in [5.41, 5.74) is -0.805. The average Bonchev–Trinajstić information content (AvgIpc) is 3.13. The number of amides is 2. The van der Waals surface area contributed by atoms with Crippen molar-refractivity contribution in [3.63, 3.8) is 0 Å². The Hall–Kier alpha value is -2.58. The van der Waals surface area contributed by atoms with E-state index in [2.05, 4.69) is 20.3 Å². The monoisotopic (exact) mass is 472 g/mol. The third kappa shape index (κ3) is 4.76. The number of hydrogen-bond acceptors (Lipinski definition) is 6. The van der Waals surface area contributed by atoms with Crippen molar-refractivity contribution in [1.29, 1.82) is 0 Å². The molecule has 32 heavy (non-hydrogen) atoms. The van der Waals surface area contributed by atoms with Crippen LogP contribution in [0.15, 0.2) is 0 Å². The second kappa shape index (κ2) is 8.41. The van der Waals surface area contributed by atoms with Gasteiger partial charge in [-0.05, 0) is 19.8 Å². The molecule has 1 aromatic heterocycles. The van der Waals surface area contributed by atoms with Crippen LogP contribution in [0.1, 0.15) is 36.2 Å². The van der Waals surface area contributed by atoms with Crippen LogP contribution in [0.3, 0.4) is 0 Å². The Morgan fingerprint density at radius 2 is 1.69 bits per heavy atom. The Kier molecular flexibility index (Phi) is 6.32. The molecule has 9 nitrogen and oxygen atoms in total. The number of alkyl halides is 6. The molecule has 2 aliphatic heterocycles. The largest absolute Gasteiger partial charge is 0.434 e. The van der Waals surface area contributed by atoms with Crippen LogP contribution in [-0.2, 0) is 17.8 Å². The van der Waals surface area contributed by atoms with Gasteiger partial charge in [-0.15, -0.1) is 10.2 Å². The van der Waals surface area contributed by atoms with Gasteiger partial charge in [0.1, 0.15) is 5.82 Å². The van der Waals surface area contributed by atoms with Gasteiger partial charge in [0.05, 0.1) is 6.54 Å². The van der Waals surface area contributed by atoms with E-state index in [1.54, 1.807) is 11.5 Å². The topological polar surface area (TPSA) is 92.6 Å². The molecule has 15 heteroatoms. The Labute approximate surface area is 178 Å². The quantitative estimate of drug-likeness (QED) is 0.677. The zero-order chi connectivity index (χ0) is 23.9. The fourth-order valence-electron chi connectivity index (χ4n) is 3.65. The summed E-state index contributed by atoms with van der Waals surface area (Å²) in [4.78, 5) is 27.1. The minimum Gasteiger partial charge on any atom is -0.426 e. The van der Waals surface area contributed by atoms with Gasteiger partial charge in [0.15, 0.2) is 0 Å². The van der Waals surface area contributed by atoms with Crippen LogP contribution in [0.4, 0.5) is 31.1 Å². The van der Waals surface area contributed by atoms with E-state index in [0.29, 0.717) is 25.5 Å². The van der Waals surface area contributed by atoms with Gasteiger partial charge < -0.3 is 24.4 Å². The van der Waals surface area contributed by atoms with Crippen molar-refractivity contribution in [1.82, 2.24) is 29.9 Å². The first-order valence-corrected chi connectivity index (χ1v) is 9.74. The van der Waals surface area contributed by atoms with E-state index in [1.807, 2.05) is 0 Å². The standard InChI is InChI=1S/C17H22F6N6O3/c1-15(27(2)12(30)11-26-25-10-9-24-5-8-29(10)11)3-6-28(7-4-15)14(31)32-13(16(18,19)20)17(21,22)23/h13,24H,3-9H2,1-2H3. The lowest BCUT2D eigenvalue weighted by atomic mass is 9.88. The van der Waals surface area contributed by atoms with E-state index in [9.17, 15) is 35.9 Å². The zero-order valence-electron chi connectivity index (χ0n) is 17.3. The van der Waals surface area contributed by atoms with Crippen molar-refractivity contribution < 1.29 is 40.7 Å². The molecule has 0 radical (unpaired) electrons. The minimum absolute atomic E-state index is 0.121. The molecule has 0 aliphatic carbocycles. The van der Waals surface area contributed by atoms with Crippen molar-refractivity contribution in [2.75, 3.05) is 26.7 Å². The number of rotatable bonds is 3. The smallest absolute Gasteiger partial charge is 0.426 e. The first-order chi connectivity index (χ1) is 14.7. The second-order valence-corrected chi connectivity index (χ2v) is 7.96. The molecule has 3 heterocycles. The van der Waals surface area contributed by atoms with Gasteiger partial charge in [0, 0.05) is 38.8 Å². The van der Waals surface area contributed by atoms with Crippen LogP contribution in [0, 0.1) is 0 Å². The lowest BCUT2D eigenvalue weighted by Crippen LogP contribution is -2.56. The fraction of sp³-hybridized carbons (Fsp3) is 0.765. The molecular formula is C17H22F6N6O3. The second-order valence-electron chi connectivity index (χ2n) is 7.96. The summed E-state index contributed by atoms with van der Waals surface area (Å²) in [7, 11) is 1.53. The third-order valence-corrected chi connectivity index (χ3v) is 5.84. The van der Waals surface area contributed by atoms with Crippen LogP contribution in [0.25, 0.3) is 0 Å². The van der Waals surface area contributed by atoms with Crippen molar-refractivity contribution in [2.45, 2.75) is 56.9 Å². The molecule has 2 amide bonds. The van der Waals surface area contributed by atoms with E-state index >= 15 is 0 Å². The SMILES string of the molecule is CN(C(=O)c1nnc2n1CCNC2)C1(C)CCN(C(=O)OC(C(F)(F)F)C(F)(F)F)CC1. The van der Waals surface area contributed by atoms with E-state index in [4.69, 9.17) is 0 Å². The maximum atomic E-state index is 13.0. The zero-order valence-corrected chi connectivity index (χ0v) is 17.3. The summed E-state index contributed by atoms with van der Waals surface area (Å²) in [5.74, 6) is 0.336. The van der Waals surface area contributed by atoms with Crippen molar-refractivity contribution in [2.24, 2.45) is 0 Å². The molecule has 2 aliphatic rings. The summed E-state index contributed by atoms with van der Waals surface area (Å²) in [6, 6.07) is 0. The summed E-state index contributed by atoms with van der Waals surface area (Å²) >= 11 is 0. The number of halogens is 6. The molecule has 0 aromatic carbocycles. The van der Waals surface area contributed by atoms with Gasteiger partial charge in [-0.25, -0.2) is 4.79 Å². The summed E-state index contributed by atoms with van der Waals surface area (Å²) in [6.07, 6.45) is -17.2. The van der Waals surface area contributed by atoms with Crippen LogP contribution in [-0.4, -0.2) is 87.2 Å². The predicted octanol–water partition coefficient (Wildman–Crippen LogP) is 1.94. The molecule has 1 N–H and O–H groups in total. The van der Waals surface area contributed by atoms with Crippen LogP contribution in [0.2, 0.25) is 0 Å². The minimum atomic E-state index is -5.78. The highest BCUT2D eigenvalue weighted by Crippen LogP contribution is 2.36. The number of fused-ring (bicyclic) bond motifs is 1. The molecule has 0 spiro atoms. The lowest BCUT2D eigenvalue weighted by molar-refractivity contribution is -0.308. The molecule has 0 bridgehead atoms. The highest BCUT2D eigenvalue weighted by atomic mass is 19.4. The Morgan fingerprint density at radius 1 is 1.09 bits per heavy atom. The van der Waals surface area contributed by atoms with Gasteiger partial charge in [-0.3, -0.25) is 4.79 Å². The number of carbonyl (C=O) groups excluding carboxylic acids is 2. The number of nitrogens with one attached hydrogen (secondary N) is 1. The number of piperidine rings is 1. The van der Waals surface area contributed by atoms with Crippen LogP contribution < -0.4 is 5.32 Å². The van der Waals surface area contributed by atoms with E-state index < -0.39 is 36.0 Å². The highest BCUT2D eigenvalue weighted by molar-refractivity contribution is 5.91. The number of aromatic nitrogens is 3. The van der Waals surface area contributed by atoms with Gasteiger partial charge in [0.25, 0.3) is 12.0 Å². The van der Waals surface area contributed by atoms with E-state index in [1.165, 1.54) is 11.9 Å². The molecule has 1 fully saturated rings. The number of ether oxygens (including phenoxy) is 1. The van der Waals surface area contributed by atoms with Crippen molar-refractivity contribution in [3.05, 3.63) is 11.6 Å². The molecule has 0 unspecified atom stereocenters. The fourth-order valence-corrected chi connectivity index (χ4v) is 3.65. The molecule has 180 valence electrons. The van der Waals surface area contributed by atoms with Crippen LogP contribution in [0.5, 0.6) is 0 Å². The maximum absolute atomic E-state index is 13.0. The summed E-state index contributed by atoms with van der Waals surface area (Å²) < 4.78 is 81.3. The van der Waals surface area contributed by atoms with E-state index in [-0.39, 0.29) is 31.8 Å². The van der Waals surface area contributed by atoms with Gasteiger partial charge >= 0.3 is 18.4 Å². The number of carbonyl (C=O) groups is 2. The average molecular weight is 472 g/mol. The highest BCUT2D eigenvalue weighted by Gasteiger charge is 2.60. The van der Waals surface area contributed by atoms with Crippen molar-refractivity contribution >= 4 is 12.0 Å². The predicted molar refractivity (Wildman–Crippen MR) is 95.4 cm³/mol. The molecule has 3 rings (SSSR count). The number of nitrogens with zero attached hydrogens (tertiary/aromatic N) is 5. The molecular weight excluding hydrogens is 450 g/mol. The Balaban J connectivity index is 1.64. The number of hydrogen-bond donors (Lipinski definition) is 1. The lowest BCUT2D eigenvalue weighted by Gasteiger charge is -2.44. The normalized spacial score (nSPS) is 19.0. The summed E-state index contributed by atoms with van der Waals surface area (Å²) in [6.45, 7) is 2.97. The van der Waals surface area contributed by atoms with Gasteiger partial charge in [0.2, 0.25) is 5.82 Å². The van der Waals surface area contributed by atoms with Crippen LogP contribution >= 0.6 is 0 Å². The van der Waals surface area contributed by atoms with Gasteiger partial charge in [-0.2, -0.15) is 26.3 Å². The maximum Gasteiger partial charge on any atom is 0.434 e. The van der Waals surface area contributed by atoms with Gasteiger partial charge in [-0.1, -0.05) is 0 Å².